The van der Waals surface area contributed by atoms with E-state index in [1.54, 1.807) is 36.8 Å². The molecule has 0 aliphatic heterocycles. The average molecular weight is 356 g/mol. The van der Waals surface area contributed by atoms with Crippen LogP contribution in [-0.2, 0) is 4.79 Å². The summed E-state index contributed by atoms with van der Waals surface area (Å²) in [4.78, 5) is 16.1. The predicted molar refractivity (Wildman–Crippen MR) is 97.1 cm³/mol. The summed E-state index contributed by atoms with van der Waals surface area (Å²) in [6, 6.07) is 14.7. The minimum absolute atomic E-state index is 0.0426. The quantitative estimate of drug-likeness (QED) is 0.732. The van der Waals surface area contributed by atoms with Crippen LogP contribution in [0.5, 0.6) is 5.75 Å². The Bertz CT molecular complexity index is 815. The number of aromatic nitrogens is 2. The molecule has 1 atom stereocenters. The second-order valence-corrected chi connectivity index (χ2v) is 6.03. The highest BCUT2D eigenvalue weighted by Crippen LogP contribution is 2.17. The zero-order valence-corrected chi connectivity index (χ0v) is 14.5. The van der Waals surface area contributed by atoms with Crippen molar-refractivity contribution in [1.82, 2.24) is 14.9 Å². The number of imidazole rings is 1. The molecule has 0 saturated carbocycles. The average Bonchev–Trinajstić information content (AvgIpc) is 3.16. The van der Waals surface area contributed by atoms with E-state index < -0.39 is 0 Å². The van der Waals surface area contributed by atoms with Crippen LogP contribution in [0.2, 0.25) is 5.02 Å². The Balaban J connectivity index is 1.53. The Labute approximate surface area is 151 Å². The van der Waals surface area contributed by atoms with E-state index in [-0.39, 0.29) is 18.6 Å². The topological polar surface area (TPSA) is 56.1 Å². The molecule has 0 saturated heterocycles. The molecule has 1 amide bonds. The highest BCUT2D eigenvalue weighted by molar-refractivity contribution is 6.30. The van der Waals surface area contributed by atoms with Crippen molar-refractivity contribution in [1.29, 1.82) is 0 Å². The van der Waals surface area contributed by atoms with Gasteiger partial charge in [-0.25, -0.2) is 4.98 Å². The largest absolute Gasteiger partial charge is 0.484 e. The highest BCUT2D eigenvalue weighted by atomic mass is 35.5. The molecule has 3 aromatic rings. The fourth-order valence-corrected chi connectivity index (χ4v) is 2.52. The molecule has 1 N–H and O–H groups in total. The van der Waals surface area contributed by atoms with Gasteiger partial charge in [-0.15, -0.1) is 0 Å². The third kappa shape index (κ3) is 4.61. The summed E-state index contributed by atoms with van der Waals surface area (Å²) < 4.78 is 7.37. The molecule has 0 spiro atoms. The Morgan fingerprint density at radius 3 is 2.56 bits per heavy atom. The minimum atomic E-state index is -0.180. The number of carbonyl (C=O) groups is 1. The maximum absolute atomic E-state index is 12.0. The zero-order valence-electron chi connectivity index (χ0n) is 13.7. The molecule has 3 rings (SSSR count). The van der Waals surface area contributed by atoms with E-state index in [9.17, 15) is 4.79 Å². The number of halogens is 1. The molecular weight excluding hydrogens is 338 g/mol. The summed E-state index contributed by atoms with van der Waals surface area (Å²) >= 11 is 5.81. The fourth-order valence-electron chi connectivity index (χ4n) is 2.39. The number of amides is 1. The minimum Gasteiger partial charge on any atom is -0.484 e. The molecule has 6 heteroatoms. The van der Waals surface area contributed by atoms with Crippen molar-refractivity contribution in [3.63, 3.8) is 0 Å². The van der Waals surface area contributed by atoms with Crippen LogP contribution in [0.15, 0.2) is 67.3 Å². The van der Waals surface area contributed by atoms with Crippen LogP contribution in [0.3, 0.4) is 0 Å². The second-order valence-electron chi connectivity index (χ2n) is 5.59. The highest BCUT2D eigenvalue weighted by Gasteiger charge is 2.10. The van der Waals surface area contributed by atoms with E-state index in [4.69, 9.17) is 16.3 Å². The second kappa shape index (κ2) is 7.85. The van der Waals surface area contributed by atoms with Crippen molar-refractivity contribution in [3.8, 4) is 11.4 Å². The van der Waals surface area contributed by atoms with Crippen molar-refractivity contribution in [2.24, 2.45) is 0 Å². The zero-order chi connectivity index (χ0) is 17.6. The lowest BCUT2D eigenvalue weighted by Crippen LogP contribution is -2.31. The van der Waals surface area contributed by atoms with E-state index in [1.165, 1.54) is 0 Å². The molecule has 2 aromatic carbocycles. The molecule has 128 valence electrons. The van der Waals surface area contributed by atoms with Gasteiger partial charge in [0.05, 0.1) is 12.4 Å². The van der Waals surface area contributed by atoms with Gasteiger partial charge in [-0.05, 0) is 48.9 Å². The van der Waals surface area contributed by atoms with Crippen LogP contribution in [0, 0.1) is 0 Å². The molecule has 0 aliphatic rings. The third-order valence-electron chi connectivity index (χ3n) is 3.76. The van der Waals surface area contributed by atoms with Crippen molar-refractivity contribution in [2.75, 3.05) is 6.61 Å². The normalized spacial score (nSPS) is 11.8. The fraction of sp³-hybridized carbons (Fsp3) is 0.158. The van der Waals surface area contributed by atoms with Crippen LogP contribution in [0.1, 0.15) is 18.5 Å². The van der Waals surface area contributed by atoms with Crippen molar-refractivity contribution < 1.29 is 9.53 Å². The Hall–Kier alpha value is -2.79. The molecule has 1 heterocycles. The summed E-state index contributed by atoms with van der Waals surface area (Å²) in [7, 11) is 0. The van der Waals surface area contributed by atoms with Crippen LogP contribution in [-0.4, -0.2) is 22.1 Å². The molecule has 0 bridgehead atoms. The van der Waals surface area contributed by atoms with Crippen LogP contribution in [0.25, 0.3) is 5.69 Å². The maximum atomic E-state index is 12.0. The van der Waals surface area contributed by atoms with Crippen molar-refractivity contribution in [2.45, 2.75) is 13.0 Å². The van der Waals surface area contributed by atoms with E-state index in [0.29, 0.717) is 10.8 Å². The molecule has 0 radical (unpaired) electrons. The Morgan fingerprint density at radius 1 is 1.20 bits per heavy atom. The van der Waals surface area contributed by atoms with Gasteiger partial charge in [0.2, 0.25) is 0 Å². The third-order valence-corrected chi connectivity index (χ3v) is 4.01. The Kier molecular flexibility index (Phi) is 5.36. The number of benzene rings is 2. The molecule has 0 fully saturated rings. The van der Waals surface area contributed by atoms with Gasteiger partial charge in [0, 0.05) is 23.1 Å². The number of carbonyl (C=O) groups excluding carboxylic acids is 1. The van der Waals surface area contributed by atoms with E-state index in [1.807, 2.05) is 42.0 Å². The standard InChI is InChI=1S/C19H18ClN3O2/c1-14(15-2-6-17(7-3-15)23-11-10-21-13-23)22-19(24)12-25-18-8-4-16(20)5-9-18/h2-11,13-14H,12H2,1H3,(H,22,24)/t14-/m1/s1. The summed E-state index contributed by atoms with van der Waals surface area (Å²) in [6.45, 7) is 1.89. The van der Waals surface area contributed by atoms with Gasteiger partial charge in [-0.2, -0.15) is 0 Å². The van der Waals surface area contributed by atoms with Gasteiger partial charge in [0.25, 0.3) is 5.91 Å². The van der Waals surface area contributed by atoms with Crippen LogP contribution >= 0.6 is 11.6 Å². The first-order valence-electron chi connectivity index (χ1n) is 7.88. The predicted octanol–water partition coefficient (Wildman–Crippen LogP) is 3.78. The van der Waals surface area contributed by atoms with E-state index >= 15 is 0 Å². The lowest BCUT2D eigenvalue weighted by molar-refractivity contribution is -0.123. The number of rotatable bonds is 6. The number of nitrogens with zero attached hydrogens (tertiary/aromatic N) is 2. The summed E-state index contributed by atoms with van der Waals surface area (Å²) in [5, 5.41) is 3.55. The first kappa shape index (κ1) is 17.0. The van der Waals surface area contributed by atoms with Gasteiger partial charge < -0.3 is 14.6 Å². The maximum Gasteiger partial charge on any atom is 0.258 e. The van der Waals surface area contributed by atoms with Gasteiger partial charge in [0.1, 0.15) is 5.75 Å². The van der Waals surface area contributed by atoms with Crippen LogP contribution in [0.4, 0.5) is 0 Å². The molecular formula is C19H18ClN3O2. The smallest absolute Gasteiger partial charge is 0.258 e. The van der Waals surface area contributed by atoms with E-state index in [0.717, 1.165) is 11.3 Å². The van der Waals surface area contributed by atoms with Gasteiger partial charge in [-0.3, -0.25) is 4.79 Å². The van der Waals surface area contributed by atoms with Gasteiger partial charge in [-0.1, -0.05) is 23.7 Å². The lowest BCUT2D eigenvalue weighted by atomic mass is 10.1. The van der Waals surface area contributed by atoms with Gasteiger partial charge >= 0.3 is 0 Å². The number of nitrogens with one attached hydrogen (secondary N) is 1. The van der Waals surface area contributed by atoms with Crippen LogP contribution < -0.4 is 10.1 Å². The lowest BCUT2D eigenvalue weighted by Gasteiger charge is -2.15. The first-order valence-corrected chi connectivity index (χ1v) is 8.25. The summed E-state index contributed by atoms with van der Waals surface area (Å²) in [5.74, 6) is 0.429. The van der Waals surface area contributed by atoms with Gasteiger partial charge in [0.15, 0.2) is 6.61 Å². The number of hydrogen-bond donors (Lipinski definition) is 1. The molecule has 25 heavy (non-hydrogen) atoms. The summed E-state index contributed by atoms with van der Waals surface area (Å²) in [5.41, 5.74) is 2.04. The molecule has 0 unspecified atom stereocenters. The summed E-state index contributed by atoms with van der Waals surface area (Å²) in [6.07, 6.45) is 5.36. The Morgan fingerprint density at radius 2 is 1.92 bits per heavy atom. The SMILES string of the molecule is C[C@@H](NC(=O)COc1ccc(Cl)cc1)c1ccc(-n2ccnc2)cc1. The van der Waals surface area contributed by atoms with Crippen molar-refractivity contribution in [3.05, 3.63) is 77.8 Å². The number of hydrogen-bond acceptors (Lipinski definition) is 3. The monoisotopic (exact) mass is 355 g/mol. The van der Waals surface area contributed by atoms with Crippen molar-refractivity contribution >= 4 is 17.5 Å². The molecule has 0 aliphatic carbocycles. The first-order chi connectivity index (χ1) is 12.1. The van der Waals surface area contributed by atoms with E-state index in [2.05, 4.69) is 10.3 Å². The number of ether oxygens (including phenoxy) is 1. The molecule has 5 nitrogen and oxygen atoms in total. The molecule has 1 aromatic heterocycles.